The Balaban J connectivity index is 2.20. The standard InChI is InChI=1S/C9H19N3O/c1-8(7-11-9(10)13)12-5-3-2-4-6-12/h8H,2-7H2,1H3,(H3,10,11,13). The van der Waals surface area contributed by atoms with Crippen molar-refractivity contribution in [1.29, 1.82) is 0 Å². The molecule has 0 bridgehead atoms. The first-order chi connectivity index (χ1) is 6.20. The Morgan fingerprint density at radius 3 is 2.62 bits per heavy atom. The fourth-order valence-electron chi connectivity index (χ4n) is 1.74. The molecule has 1 saturated heterocycles. The van der Waals surface area contributed by atoms with Gasteiger partial charge in [-0.25, -0.2) is 4.79 Å². The Labute approximate surface area is 79.5 Å². The molecule has 2 amide bonds. The van der Waals surface area contributed by atoms with Crippen LogP contribution in [0, 0.1) is 0 Å². The van der Waals surface area contributed by atoms with Crippen molar-refractivity contribution < 1.29 is 4.79 Å². The number of hydrogen-bond donors (Lipinski definition) is 2. The zero-order chi connectivity index (χ0) is 9.68. The van der Waals surface area contributed by atoms with E-state index in [1.54, 1.807) is 0 Å². The quantitative estimate of drug-likeness (QED) is 0.674. The third-order valence-electron chi connectivity index (χ3n) is 2.59. The summed E-state index contributed by atoms with van der Waals surface area (Å²) in [5.41, 5.74) is 5.00. The summed E-state index contributed by atoms with van der Waals surface area (Å²) in [5.74, 6) is 0. The normalized spacial score (nSPS) is 21.0. The Morgan fingerprint density at radius 1 is 1.46 bits per heavy atom. The van der Waals surface area contributed by atoms with Gasteiger partial charge < -0.3 is 11.1 Å². The van der Waals surface area contributed by atoms with Crippen LogP contribution >= 0.6 is 0 Å². The summed E-state index contributed by atoms with van der Waals surface area (Å²) in [6.45, 7) is 5.10. The summed E-state index contributed by atoms with van der Waals surface area (Å²) in [6, 6.07) is -0.0170. The van der Waals surface area contributed by atoms with E-state index in [2.05, 4.69) is 17.1 Å². The molecule has 76 valence electrons. The highest BCUT2D eigenvalue weighted by atomic mass is 16.2. The van der Waals surface area contributed by atoms with Gasteiger partial charge in [-0.3, -0.25) is 4.90 Å². The zero-order valence-electron chi connectivity index (χ0n) is 8.25. The maximum atomic E-state index is 10.5. The van der Waals surface area contributed by atoms with Crippen LogP contribution in [0.2, 0.25) is 0 Å². The summed E-state index contributed by atoms with van der Waals surface area (Å²) in [6.07, 6.45) is 3.90. The third kappa shape index (κ3) is 3.63. The highest BCUT2D eigenvalue weighted by Gasteiger charge is 2.16. The number of nitrogens with zero attached hydrogens (tertiary/aromatic N) is 1. The third-order valence-corrected chi connectivity index (χ3v) is 2.59. The van der Waals surface area contributed by atoms with E-state index in [4.69, 9.17) is 5.73 Å². The van der Waals surface area contributed by atoms with Crippen molar-refractivity contribution in [3.63, 3.8) is 0 Å². The minimum Gasteiger partial charge on any atom is -0.352 e. The molecule has 0 aromatic rings. The summed E-state index contributed by atoms with van der Waals surface area (Å²) < 4.78 is 0. The molecule has 1 fully saturated rings. The lowest BCUT2D eigenvalue weighted by Gasteiger charge is -2.32. The number of urea groups is 1. The minimum atomic E-state index is -0.427. The van der Waals surface area contributed by atoms with Gasteiger partial charge in [-0.1, -0.05) is 6.42 Å². The molecule has 3 N–H and O–H groups in total. The number of carbonyl (C=O) groups excluding carboxylic acids is 1. The van der Waals surface area contributed by atoms with Crippen molar-refractivity contribution in [3.05, 3.63) is 0 Å². The van der Waals surface area contributed by atoms with Gasteiger partial charge in [0.1, 0.15) is 0 Å². The first-order valence-electron chi connectivity index (χ1n) is 4.97. The number of carbonyl (C=O) groups is 1. The molecule has 1 unspecified atom stereocenters. The number of hydrogen-bond acceptors (Lipinski definition) is 2. The predicted molar refractivity (Wildman–Crippen MR) is 52.5 cm³/mol. The van der Waals surface area contributed by atoms with Crippen LogP contribution < -0.4 is 11.1 Å². The van der Waals surface area contributed by atoms with E-state index in [1.807, 2.05) is 0 Å². The van der Waals surface area contributed by atoms with E-state index in [0.717, 1.165) is 13.1 Å². The van der Waals surface area contributed by atoms with Gasteiger partial charge in [0.25, 0.3) is 0 Å². The Bertz CT molecular complexity index is 166. The smallest absolute Gasteiger partial charge is 0.312 e. The molecule has 1 heterocycles. The lowest BCUT2D eigenvalue weighted by molar-refractivity contribution is 0.171. The largest absolute Gasteiger partial charge is 0.352 e. The Hall–Kier alpha value is -0.770. The molecule has 4 heteroatoms. The molecule has 1 aliphatic rings. The summed E-state index contributed by atoms with van der Waals surface area (Å²) in [7, 11) is 0. The van der Waals surface area contributed by atoms with Crippen molar-refractivity contribution in [2.45, 2.75) is 32.2 Å². The fraction of sp³-hybridized carbons (Fsp3) is 0.889. The van der Waals surface area contributed by atoms with E-state index >= 15 is 0 Å². The van der Waals surface area contributed by atoms with E-state index < -0.39 is 6.03 Å². The second kappa shape index (κ2) is 5.07. The topological polar surface area (TPSA) is 58.4 Å². The first-order valence-corrected chi connectivity index (χ1v) is 4.97. The van der Waals surface area contributed by atoms with Crippen molar-refractivity contribution in [1.82, 2.24) is 10.2 Å². The van der Waals surface area contributed by atoms with Gasteiger partial charge in [-0.15, -0.1) is 0 Å². The van der Waals surface area contributed by atoms with Crippen LogP contribution in [-0.2, 0) is 0 Å². The summed E-state index contributed by atoms with van der Waals surface area (Å²) >= 11 is 0. The first kappa shape index (κ1) is 10.3. The molecular weight excluding hydrogens is 166 g/mol. The van der Waals surface area contributed by atoms with Crippen LogP contribution in [0.25, 0.3) is 0 Å². The number of nitrogens with one attached hydrogen (secondary N) is 1. The van der Waals surface area contributed by atoms with Crippen LogP contribution in [0.5, 0.6) is 0 Å². The lowest BCUT2D eigenvalue weighted by Crippen LogP contribution is -2.45. The molecule has 1 aliphatic heterocycles. The summed E-state index contributed by atoms with van der Waals surface area (Å²) in [4.78, 5) is 12.9. The highest BCUT2D eigenvalue weighted by Crippen LogP contribution is 2.11. The van der Waals surface area contributed by atoms with Crippen molar-refractivity contribution in [2.75, 3.05) is 19.6 Å². The predicted octanol–water partition coefficient (Wildman–Crippen LogP) is 0.529. The van der Waals surface area contributed by atoms with Crippen LogP contribution in [0.4, 0.5) is 4.79 Å². The highest BCUT2D eigenvalue weighted by molar-refractivity contribution is 5.71. The fourth-order valence-corrected chi connectivity index (χ4v) is 1.74. The lowest BCUT2D eigenvalue weighted by atomic mass is 10.1. The van der Waals surface area contributed by atoms with Gasteiger partial charge in [0.15, 0.2) is 0 Å². The average molecular weight is 185 g/mol. The number of likely N-dealkylation sites (tertiary alicyclic amines) is 1. The van der Waals surface area contributed by atoms with Gasteiger partial charge in [0.2, 0.25) is 0 Å². The van der Waals surface area contributed by atoms with Crippen molar-refractivity contribution in [3.8, 4) is 0 Å². The number of piperidine rings is 1. The van der Waals surface area contributed by atoms with Gasteiger partial charge in [0.05, 0.1) is 0 Å². The molecule has 0 saturated carbocycles. The molecule has 0 aromatic carbocycles. The van der Waals surface area contributed by atoms with Gasteiger partial charge in [-0.2, -0.15) is 0 Å². The van der Waals surface area contributed by atoms with Crippen LogP contribution in [0.3, 0.4) is 0 Å². The number of amides is 2. The monoisotopic (exact) mass is 185 g/mol. The maximum absolute atomic E-state index is 10.5. The van der Waals surface area contributed by atoms with Gasteiger partial charge >= 0.3 is 6.03 Å². The van der Waals surface area contributed by atoms with E-state index in [0.29, 0.717) is 12.6 Å². The van der Waals surface area contributed by atoms with Crippen LogP contribution in [0.15, 0.2) is 0 Å². The zero-order valence-corrected chi connectivity index (χ0v) is 8.25. The molecule has 0 radical (unpaired) electrons. The maximum Gasteiger partial charge on any atom is 0.312 e. The second-order valence-corrected chi connectivity index (χ2v) is 3.69. The van der Waals surface area contributed by atoms with E-state index in [-0.39, 0.29) is 0 Å². The molecule has 0 aliphatic carbocycles. The van der Waals surface area contributed by atoms with Crippen LogP contribution in [-0.4, -0.2) is 36.6 Å². The summed E-state index contributed by atoms with van der Waals surface area (Å²) in [5, 5.41) is 2.64. The average Bonchev–Trinajstić information content (AvgIpc) is 2.15. The van der Waals surface area contributed by atoms with Gasteiger partial charge in [0, 0.05) is 12.6 Å². The van der Waals surface area contributed by atoms with E-state index in [9.17, 15) is 4.79 Å². The molecular formula is C9H19N3O. The van der Waals surface area contributed by atoms with Gasteiger partial charge in [-0.05, 0) is 32.9 Å². The molecule has 13 heavy (non-hydrogen) atoms. The Morgan fingerprint density at radius 2 is 2.08 bits per heavy atom. The van der Waals surface area contributed by atoms with Crippen molar-refractivity contribution >= 4 is 6.03 Å². The molecule has 1 atom stereocenters. The van der Waals surface area contributed by atoms with Crippen LogP contribution in [0.1, 0.15) is 26.2 Å². The number of nitrogens with two attached hydrogens (primary N) is 1. The number of rotatable bonds is 3. The van der Waals surface area contributed by atoms with Crippen molar-refractivity contribution in [2.24, 2.45) is 5.73 Å². The molecule has 1 rings (SSSR count). The van der Waals surface area contributed by atoms with E-state index in [1.165, 1.54) is 19.3 Å². The molecule has 0 aromatic heterocycles. The SMILES string of the molecule is CC(CNC(N)=O)N1CCCCC1. The molecule has 4 nitrogen and oxygen atoms in total. The Kier molecular flexibility index (Phi) is 4.02. The minimum absolute atomic E-state index is 0.410. The number of primary amides is 1. The molecule has 0 spiro atoms. The second-order valence-electron chi connectivity index (χ2n) is 3.69.